The lowest BCUT2D eigenvalue weighted by Crippen LogP contribution is -2.18. The van der Waals surface area contributed by atoms with Crippen LogP contribution in [0.25, 0.3) is 0 Å². The van der Waals surface area contributed by atoms with E-state index >= 15 is 0 Å². The largest absolute Gasteiger partial charge is 0.464 e. The highest BCUT2D eigenvalue weighted by Crippen LogP contribution is 2.39. The third kappa shape index (κ3) is 1.02. The highest BCUT2D eigenvalue weighted by atomic mass is 32.2. The summed E-state index contributed by atoms with van der Waals surface area (Å²) in [5.41, 5.74) is 2.28. The number of hydrogen-bond donors (Lipinski definition) is 0. The van der Waals surface area contributed by atoms with Crippen molar-refractivity contribution in [1.82, 2.24) is 0 Å². The fraction of sp³-hybridized carbons (Fsp3) is 0.222. The molecule has 0 bridgehead atoms. The highest BCUT2D eigenvalue weighted by Gasteiger charge is 2.26. The molecule has 0 N–H and O–H groups in total. The molecule has 2 aliphatic heterocycles. The summed E-state index contributed by atoms with van der Waals surface area (Å²) < 4.78 is 14.6. The van der Waals surface area contributed by atoms with E-state index in [1.807, 2.05) is 0 Å². The van der Waals surface area contributed by atoms with Crippen molar-refractivity contribution in [2.75, 3.05) is 6.79 Å². The molecule has 3 nitrogen and oxygen atoms in total. The molecular weight excluding hydrogens is 186 g/mol. The van der Waals surface area contributed by atoms with Gasteiger partial charge in [0.05, 0.1) is 5.57 Å². The second-order valence-corrected chi connectivity index (χ2v) is 3.70. The van der Waals surface area contributed by atoms with Gasteiger partial charge in [0, 0.05) is 16.9 Å². The Morgan fingerprint density at radius 1 is 1.46 bits per heavy atom. The van der Waals surface area contributed by atoms with E-state index in [9.17, 15) is 0 Å². The van der Waals surface area contributed by atoms with Gasteiger partial charge in [-0.15, -0.1) is 0 Å². The van der Waals surface area contributed by atoms with Gasteiger partial charge in [0.2, 0.25) is 12.7 Å². The molecule has 0 fully saturated rings. The average Bonchev–Trinajstić information content (AvgIpc) is 2.65. The Morgan fingerprint density at radius 2 is 2.46 bits per heavy atom. The van der Waals surface area contributed by atoms with Crippen molar-refractivity contribution in [2.45, 2.75) is 6.42 Å². The minimum Gasteiger partial charge on any atom is -0.464 e. The van der Waals surface area contributed by atoms with Gasteiger partial charge in [-0.3, -0.25) is 0 Å². The number of fused-ring (bicyclic) bond motifs is 2. The van der Waals surface area contributed by atoms with Crippen LogP contribution in [0.15, 0.2) is 38.9 Å². The molecule has 0 aromatic heterocycles. The molecule has 1 aliphatic carbocycles. The van der Waals surface area contributed by atoms with Gasteiger partial charge in [0.25, 0.3) is 0 Å². The molecule has 0 spiro atoms. The molecule has 0 radical (unpaired) electrons. The lowest BCUT2D eigenvalue weighted by atomic mass is 10.1. The third-order valence-corrected chi connectivity index (χ3v) is 2.97. The van der Waals surface area contributed by atoms with Gasteiger partial charge in [-0.25, -0.2) is 0 Å². The van der Waals surface area contributed by atoms with E-state index in [2.05, 4.69) is 16.5 Å². The molecule has 2 heterocycles. The fourth-order valence-electron chi connectivity index (χ4n) is 1.51. The van der Waals surface area contributed by atoms with E-state index < -0.39 is 0 Å². The molecule has 0 unspecified atom stereocenters. The molecule has 3 aliphatic rings. The molecule has 3 rings (SSSR count). The van der Waals surface area contributed by atoms with Gasteiger partial charge in [-0.1, -0.05) is 12.2 Å². The van der Waals surface area contributed by atoms with Crippen LogP contribution < -0.4 is 0 Å². The predicted octanol–water partition coefficient (Wildman–Crippen LogP) is 2.15. The summed E-state index contributed by atoms with van der Waals surface area (Å²) in [5.74, 6) is 0.707. The maximum Gasteiger partial charge on any atom is 0.234 e. The van der Waals surface area contributed by atoms with E-state index in [1.165, 1.54) is 22.4 Å². The maximum atomic E-state index is 5.27. The van der Waals surface area contributed by atoms with Crippen LogP contribution in [0.3, 0.4) is 0 Å². The summed E-state index contributed by atoms with van der Waals surface area (Å²) in [6.45, 7) is 0.277. The van der Waals surface area contributed by atoms with E-state index in [0.717, 1.165) is 12.0 Å². The van der Waals surface area contributed by atoms with Gasteiger partial charge in [0.1, 0.15) is 6.26 Å². The topological polar surface area (TPSA) is 30.8 Å². The Kier molecular flexibility index (Phi) is 1.49. The van der Waals surface area contributed by atoms with Crippen LogP contribution in [0.1, 0.15) is 6.42 Å². The van der Waals surface area contributed by atoms with Crippen molar-refractivity contribution in [3.63, 3.8) is 0 Å². The SMILES string of the molecule is C1=CC2=C(C1)C1=COCOC1=NS2. The van der Waals surface area contributed by atoms with Crippen LogP contribution in [-0.2, 0) is 9.47 Å². The zero-order valence-electron chi connectivity index (χ0n) is 6.82. The van der Waals surface area contributed by atoms with Crippen LogP contribution in [0.2, 0.25) is 0 Å². The second-order valence-electron chi connectivity index (χ2n) is 2.90. The molecule has 0 saturated carbocycles. The molecule has 0 atom stereocenters. The second kappa shape index (κ2) is 2.67. The van der Waals surface area contributed by atoms with E-state index in [4.69, 9.17) is 9.47 Å². The average molecular weight is 193 g/mol. The Labute approximate surface area is 80.0 Å². The molecule has 13 heavy (non-hydrogen) atoms. The van der Waals surface area contributed by atoms with E-state index in [-0.39, 0.29) is 6.79 Å². The first kappa shape index (κ1) is 7.26. The van der Waals surface area contributed by atoms with E-state index in [0.29, 0.717) is 5.90 Å². The normalized spacial score (nSPS) is 24.0. The number of ether oxygens (including phenoxy) is 2. The molecular formula is C9H7NO2S. The zero-order chi connectivity index (χ0) is 8.67. The first-order valence-electron chi connectivity index (χ1n) is 4.05. The van der Waals surface area contributed by atoms with Crippen molar-refractivity contribution in [3.05, 3.63) is 34.5 Å². The maximum absolute atomic E-state index is 5.27. The van der Waals surface area contributed by atoms with Crippen LogP contribution in [-0.4, -0.2) is 12.7 Å². The Morgan fingerprint density at radius 3 is 3.46 bits per heavy atom. The number of rotatable bonds is 0. The van der Waals surface area contributed by atoms with Crippen LogP contribution in [0.4, 0.5) is 0 Å². The van der Waals surface area contributed by atoms with Crippen LogP contribution in [0, 0.1) is 0 Å². The number of nitrogens with zero attached hydrogens (tertiary/aromatic N) is 1. The fourth-order valence-corrected chi connectivity index (χ4v) is 2.31. The zero-order valence-corrected chi connectivity index (χ0v) is 7.63. The lowest BCUT2D eigenvalue weighted by Gasteiger charge is -2.21. The van der Waals surface area contributed by atoms with Gasteiger partial charge >= 0.3 is 0 Å². The minimum atomic E-state index is 0.277. The molecule has 0 aromatic rings. The summed E-state index contributed by atoms with van der Waals surface area (Å²) in [6, 6.07) is 0. The number of hydrogen-bond acceptors (Lipinski definition) is 4. The van der Waals surface area contributed by atoms with Gasteiger partial charge in [0.15, 0.2) is 0 Å². The monoisotopic (exact) mass is 193 g/mol. The quantitative estimate of drug-likeness (QED) is 0.552. The molecule has 0 saturated heterocycles. The molecule has 0 amide bonds. The van der Waals surface area contributed by atoms with Gasteiger partial charge in [-0.2, -0.15) is 4.40 Å². The first-order chi connectivity index (χ1) is 6.45. The molecule has 0 aromatic carbocycles. The highest BCUT2D eigenvalue weighted by molar-refractivity contribution is 8.02. The van der Waals surface area contributed by atoms with Crippen molar-refractivity contribution < 1.29 is 9.47 Å². The van der Waals surface area contributed by atoms with Crippen molar-refractivity contribution in [3.8, 4) is 0 Å². The molecule has 4 heteroatoms. The smallest absolute Gasteiger partial charge is 0.234 e. The van der Waals surface area contributed by atoms with Crippen molar-refractivity contribution in [2.24, 2.45) is 4.40 Å². The lowest BCUT2D eigenvalue weighted by molar-refractivity contribution is 0.0594. The summed E-state index contributed by atoms with van der Waals surface area (Å²) in [4.78, 5) is 1.21. The summed E-state index contributed by atoms with van der Waals surface area (Å²) >= 11 is 1.48. The van der Waals surface area contributed by atoms with E-state index in [1.54, 1.807) is 6.26 Å². The Balaban J connectivity index is 2.07. The molecule has 66 valence electrons. The van der Waals surface area contributed by atoms with Crippen LogP contribution >= 0.6 is 11.9 Å². The summed E-state index contributed by atoms with van der Waals surface area (Å²) in [7, 11) is 0. The van der Waals surface area contributed by atoms with Crippen molar-refractivity contribution in [1.29, 1.82) is 0 Å². The minimum absolute atomic E-state index is 0.277. The van der Waals surface area contributed by atoms with Gasteiger partial charge < -0.3 is 9.47 Å². The summed E-state index contributed by atoms with van der Waals surface area (Å²) in [6.07, 6.45) is 6.92. The van der Waals surface area contributed by atoms with Gasteiger partial charge in [-0.05, 0) is 12.0 Å². The Bertz CT molecular complexity index is 379. The third-order valence-electron chi connectivity index (χ3n) is 2.14. The summed E-state index contributed by atoms with van der Waals surface area (Å²) in [5, 5.41) is 0. The van der Waals surface area contributed by atoms with Crippen LogP contribution in [0.5, 0.6) is 0 Å². The first-order valence-corrected chi connectivity index (χ1v) is 4.82. The predicted molar refractivity (Wildman–Crippen MR) is 50.9 cm³/mol. The standard InChI is InChI=1S/C9H7NO2S/c1-2-6-7-4-11-5-12-9(7)10-13-8(6)3-1/h1,3-4H,2,5H2. The van der Waals surface area contributed by atoms with Crippen molar-refractivity contribution >= 4 is 17.8 Å². The number of allylic oxidation sites excluding steroid dienone is 2. The Hall–Kier alpha value is -1.16.